The van der Waals surface area contributed by atoms with Gasteiger partial charge < -0.3 is 9.47 Å². The van der Waals surface area contributed by atoms with E-state index in [0.717, 1.165) is 0 Å². The van der Waals surface area contributed by atoms with Crippen LogP contribution in [0.5, 0.6) is 0 Å². The van der Waals surface area contributed by atoms with Gasteiger partial charge in [0.25, 0.3) is 0 Å². The monoisotopic (exact) mass is 227 g/mol. The second-order valence-corrected chi connectivity index (χ2v) is 4.85. The lowest BCUT2D eigenvalue weighted by atomic mass is 10.4. The number of ether oxygens (including phenoxy) is 2. The molecule has 78 valence electrons. The molecule has 0 spiro atoms. The van der Waals surface area contributed by atoms with Crippen molar-refractivity contribution in [2.45, 2.75) is 19.9 Å². The van der Waals surface area contributed by atoms with Crippen LogP contribution in [0, 0.1) is 0 Å². The summed E-state index contributed by atoms with van der Waals surface area (Å²) >= 11 is 5.84. The average molecular weight is 228 g/mol. The molecule has 0 aliphatic heterocycles. The summed E-state index contributed by atoms with van der Waals surface area (Å²) in [6.07, 6.45) is 0.417. The molecule has 0 aliphatic rings. The lowest BCUT2D eigenvalue weighted by Crippen LogP contribution is -2.31. The van der Waals surface area contributed by atoms with Gasteiger partial charge in [-0.25, -0.2) is 0 Å². The van der Waals surface area contributed by atoms with Crippen LogP contribution in [0.2, 0.25) is 0 Å². The molecule has 0 aromatic rings. The van der Waals surface area contributed by atoms with Gasteiger partial charge in [0.2, 0.25) is 0 Å². The van der Waals surface area contributed by atoms with Crippen molar-refractivity contribution >= 4 is 24.6 Å². The molecule has 0 bridgehead atoms. The summed E-state index contributed by atoms with van der Waals surface area (Å²) in [5, 5.41) is 2.90. The maximum Gasteiger partial charge on any atom is 0.323 e. The van der Waals surface area contributed by atoms with Crippen molar-refractivity contribution in [2.24, 2.45) is 0 Å². The third kappa shape index (κ3) is 6.22. The number of halogens is 1. The molecule has 0 aliphatic carbocycles. The molecular weight excluding hydrogens is 213 g/mol. The maximum atomic E-state index is 11.1. The maximum absolute atomic E-state index is 11.1. The highest BCUT2D eigenvalue weighted by atomic mass is 35.7. The minimum Gasteiger partial charge on any atom is -0.465 e. The van der Waals surface area contributed by atoms with E-state index in [1.807, 2.05) is 0 Å². The minimum absolute atomic E-state index is 0.285. The van der Waals surface area contributed by atoms with E-state index in [9.17, 15) is 4.79 Å². The van der Waals surface area contributed by atoms with Crippen molar-refractivity contribution in [3.8, 4) is 0 Å². The Morgan fingerprint density at radius 1 is 1.69 bits per heavy atom. The lowest BCUT2D eigenvalue weighted by Gasteiger charge is -2.15. The molecule has 0 aromatic heterocycles. The Kier molecular flexibility index (Phi) is 7.57. The van der Waals surface area contributed by atoms with Crippen LogP contribution in [0.4, 0.5) is 0 Å². The Hall–Kier alpha value is 0.110. The number of hydrogen-bond acceptors (Lipinski definition) is 4. The molecule has 1 N–H and O–H groups in total. The average Bonchev–Trinajstić information content (AvgIpc) is 2.05. The van der Waals surface area contributed by atoms with E-state index in [-0.39, 0.29) is 12.0 Å². The number of hydrogen-bond donors (Lipinski definition) is 1. The van der Waals surface area contributed by atoms with Gasteiger partial charge in [-0.15, -0.1) is 0 Å². The van der Waals surface area contributed by atoms with Gasteiger partial charge in [0.1, 0.15) is 6.04 Å². The van der Waals surface area contributed by atoms with Crippen molar-refractivity contribution in [2.75, 3.05) is 20.1 Å². The Morgan fingerprint density at radius 2 is 2.31 bits per heavy atom. The van der Waals surface area contributed by atoms with Crippen LogP contribution in [0.1, 0.15) is 13.8 Å². The van der Waals surface area contributed by atoms with E-state index in [1.54, 1.807) is 21.0 Å². The predicted molar refractivity (Wildman–Crippen MR) is 53.9 cm³/mol. The topological polar surface area (TPSA) is 47.6 Å². The van der Waals surface area contributed by atoms with E-state index in [1.165, 1.54) is 0 Å². The molecule has 0 saturated heterocycles. The van der Waals surface area contributed by atoms with Crippen LogP contribution in [0.15, 0.2) is 0 Å². The largest absolute Gasteiger partial charge is 0.465 e. The highest BCUT2D eigenvalue weighted by Crippen LogP contribution is 2.36. The Morgan fingerprint density at radius 3 is 2.77 bits per heavy atom. The third-order valence-corrected chi connectivity index (χ3v) is 2.95. The Balaban J connectivity index is 3.71. The predicted octanol–water partition coefficient (Wildman–Crippen LogP) is 1.68. The highest BCUT2D eigenvalue weighted by Gasteiger charge is 2.16. The normalized spacial score (nSPS) is 15.1. The van der Waals surface area contributed by atoms with Crippen molar-refractivity contribution in [3.05, 3.63) is 0 Å². The first kappa shape index (κ1) is 13.1. The summed E-state index contributed by atoms with van der Waals surface area (Å²) < 4.78 is 9.62. The van der Waals surface area contributed by atoms with E-state index in [4.69, 9.17) is 20.7 Å². The molecule has 13 heavy (non-hydrogen) atoms. The zero-order valence-electron chi connectivity index (χ0n) is 8.04. The number of carbonyl (C=O) groups is 1. The zero-order chi connectivity index (χ0) is 10.3. The smallest absolute Gasteiger partial charge is 0.323 e. The quantitative estimate of drug-likeness (QED) is 0.554. The molecule has 0 amide bonds. The SMILES string of the molecule is CCOC(=O)C(C)NP(Cl)COC. The van der Waals surface area contributed by atoms with Crippen LogP contribution in [-0.4, -0.2) is 32.1 Å². The van der Waals surface area contributed by atoms with E-state index in [2.05, 4.69) is 5.09 Å². The number of methoxy groups -OCH3 is 1. The first-order chi connectivity index (χ1) is 6.11. The number of carbonyl (C=O) groups excluding carboxylic acids is 1. The van der Waals surface area contributed by atoms with Gasteiger partial charge in [0, 0.05) is 7.11 Å². The van der Waals surface area contributed by atoms with Crippen LogP contribution in [0.25, 0.3) is 0 Å². The van der Waals surface area contributed by atoms with Crippen LogP contribution in [0.3, 0.4) is 0 Å². The first-order valence-corrected chi connectivity index (χ1v) is 6.40. The van der Waals surface area contributed by atoms with Gasteiger partial charge in [-0.05, 0) is 13.8 Å². The van der Waals surface area contributed by atoms with Gasteiger partial charge >= 0.3 is 5.97 Å². The molecule has 2 unspecified atom stereocenters. The van der Waals surface area contributed by atoms with Gasteiger partial charge in [-0.1, -0.05) is 11.2 Å². The summed E-state index contributed by atoms with van der Waals surface area (Å²) in [4.78, 5) is 11.1. The number of nitrogens with one attached hydrogen (secondary N) is 1. The van der Waals surface area contributed by atoms with E-state index >= 15 is 0 Å². The fraction of sp³-hybridized carbons (Fsp3) is 0.857. The summed E-state index contributed by atoms with van der Waals surface area (Å²) in [6.45, 7) is 3.87. The molecule has 4 nitrogen and oxygen atoms in total. The van der Waals surface area contributed by atoms with Gasteiger partial charge in [0.05, 0.1) is 20.4 Å². The standard InChI is InChI=1S/C7H15ClNO3P/c1-4-12-7(10)6(2)9-13(8)5-11-3/h6,9H,4-5H2,1-3H3. The van der Waals surface area contributed by atoms with E-state index in [0.29, 0.717) is 13.0 Å². The van der Waals surface area contributed by atoms with Crippen LogP contribution in [-0.2, 0) is 14.3 Å². The minimum atomic E-state index is -0.964. The second-order valence-electron chi connectivity index (χ2n) is 2.38. The number of esters is 1. The molecule has 2 atom stereocenters. The fourth-order valence-corrected chi connectivity index (χ4v) is 2.24. The van der Waals surface area contributed by atoms with Crippen molar-refractivity contribution in [1.82, 2.24) is 5.09 Å². The van der Waals surface area contributed by atoms with Crippen molar-refractivity contribution in [1.29, 1.82) is 0 Å². The van der Waals surface area contributed by atoms with Crippen molar-refractivity contribution < 1.29 is 14.3 Å². The molecule has 0 rings (SSSR count). The summed E-state index contributed by atoms with van der Waals surface area (Å²) in [6, 6.07) is -0.376. The molecule has 6 heteroatoms. The molecule has 0 fully saturated rings. The Labute approximate surface area is 84.5 Å². The van der Waals surface area contributed by atoms with Gasteiger partial charge in [0.15, 0.2) is 0 Å². The summed E-state index contributed by atoms with van der Waals surface area (Å²) in [5.41, 5.74) is 0. The zero-order valence-corrected chi connectivity index (χ0v) is 9.69. The highest BCUT2D eigenvalue weighted by molar-refractivity contribution is 7.82. The summed E-state index contributed by atoms with van der Waals surface area (Å²) in [7, 11) is 0.600. The molecule has 0 heterocycles. The third-order valence-electron chi connectivity index (χ3n) is 1.22. The van der Waals surface area contributed by atoms with Gasteiger partial charge in [-0.2, -0.15) is 0 Å². The Bertz CT molecular complexity index is 159. The van der Waals surface area contributed by atoms with E-state index < -0.39 is 7.43 Å². The molecule has 0 saturated carbocycles. The molecule has 0 aromatic carbocycles. The van der Waals surface area contributed by atoms with Crippen molar-refractivity contribution in [3.63, 3.8) is 0 Å². The lowest BCUT2D eigenvalue weighted by molar-refractivity contribution is -0.144. The van der Waals surface area contributed by atoms with Crippen LogP contribution < -0.4 is 5.09 Å². The summed E-state index contributed by atoms with van der Waals surface area (Å²) in [5.74, 6) is -0.285. The molecule has 0 radical (unpaired) electrons. The van der Waals surface area contributed by atoms with Crippen LogP contribution >= 0.6 is 18.7 Å². The first-order valence-electron chi connectivity index (χ1n) is 3.96. The fourth-order valence-electron chi connectivity index (χ4n) is 0.681. The second kappa shape index (κ2) is 7.51. The molecular formula is C7H15ClNO3P. The number of rotatable bonds is 6. The van der Waals surface area contributed by atoms with Gasteiger partial charge in [-0.3, -0.25) is 9.88 Å².